The minimum Gasteiger partial charge on any atom is -0.496 e. The van der Waals surface area contributed by atoms with Crippen LogP contribution in [0.15, 0.2) is 18.2 Å². The van der Waals surface area contributed by atoms with Crippen molar-refractivity contribution in [2.24, 2.45) is 5.92 Å². The Morgan fingerprint density at radius 1 is 1.56 bits per heavy atom. The van der Waals surface area contributed by atoms with E-state index in [0.29, 0.717) is 29.5 Å². The predicted octanol–water partition coefficient (Wildman–Crippen LogP) is 2.57. The van der Waals surface area contributed by atoms with Crippen molar-refractivity contribution in [2.45, 2.75) is 6.42 Å². The maximum absolute atomic E-state index is 12.2. The number of ketones is 1. The number of carbonyl (C=O) groups excluding carboxylic acids is 1. The van der Waals surface area contributed by atoms with Crippen molar-refractivity contribution in [3.8, 4) is 5.75 Å². The van der Waals surface area contributed by atoms with Gasteiger partial charge < -0.3 is 9.47 Å². The molecule has 0 aliphatic carbocycles. The molecule has 0 aromatic heterocycles. The number of halogens is 1. The van der Waals surface area contributed by atoms with Gasteiger partial charge in [-0.15, -0.1) is 0 Å². The Hall–Kier alpha value is -1.06. The fourth-order valence-electron chi connectivity index (χ4n) is 1.83. The summed E-state index contributed by atoms with van der Waals surface area (Å²) in [7, 11) is 1.55. The Labute approximate surface area is 99.3 Å². The van der Waals surface area contributed by atoms with Gasteiger partial charge in [0.25, 0.3) is 0 Å². The van der Waals surface area contributed by atoms with Crippen LogP contribution in [0.25, 0.3) is 0 Å². The van der Waals surface area contributed by atoms with Crippen LogP contribution in [0.5, 0.6) is 5.75 Å². The van der Waals surface area contributed by atoms with E-state index in [0.717, 1.165) is 6.42 Å². The Balaban J connectivity index is 2.30. The Morgan fingerprint density at radius 3 is 3.00 bits per heavy atom. The first kappa shape index (κ1) is 11.4. The van der Waals surface area contributed by atoms with E-state index >= 15 is 0 Å². The molecule has 0 bridgehead atoms. The second kappa shape index (κ2) is 4.85. The van der Waals surface area contributed by atoms with Crippen LogP contribution in [0.2, 0.25) is 5.02 Å². The van der Waals surface area contributed by atoms with Gasteiger partial charge >= 0.3 is 0 Å². The maximum atomic E-state index is 12.2. The van der Waals surface area contributed by atoms with E-state index in [1.165, 1.54) is 0 Å². The van der Waals surface area contributed by atoms with Crippen molar-refractivity contribution in [2.75, 3.05) is 20.3 Å². The topological polar surface area (TPSA) is 35.5 Å². The maximum Gasteiger partial charge on any atom is 0.172 e. The standard InChI is InChI=1S/C12H13ClO3/c1-15-11-3-2-9(13)6-10(11)12(14)8-4-5-16-7-8/h2-3,6,8H,4-5,7H2,1H3. The molecule has 86 valence electrons. The fourth-order valence-corrected chi connectivity index (χ4v) is 2.01. The van der Waals surface area contributed by atoms with E-state index in [1.807, 2.05) is 0 Å². The number of hydrogen-bond donors (Lipinski definition) is 0. The lowest BCUT2D eigenvalue weighted by molar-refractivity contribution is 0.0897. The van der Waals surface area contributed by atoms with Gasteiger partial charge in [0.05, 0.1) is 19.3 Å². The molecule has 1 aromatic rings. The highest BCUT2D eigenvalue weighted by molar-refractivity contribution is 6.31. The zero-order valence-corrected chi connectivity index (χ0v) is 9.79. The molecular weight excluding hydrogens is 228 g/mol. The zero-order valence-electron chi connectivity index (χ0n) is 9.03. The van der Waals surface area contributed by atoms with Crippen LogP contribution in [0.3, 0.4) is 0 Å². The molecule has 16 heavy (non-hydrogen) atoms. The fraction of sp³-hybridized carbons (Fsp3) is 0.417. The molecule has 1 saturated heterocycles. The van der Waals surface area contributed by atoms with Crippen LogP contribution in [0.1, 0.15) is 16.8 Å². The minimum atomic E-state index is -0.0626. The molecule has 0 saturated carbocycles. The Morgan fingerprint density at radius 2 is 2.38 bits per heavy atom. The van der Waals surface area contributed by atoms with Crippen LogP contribution < -0.4 is 4.74 Å². The van der Waals surface area contributed by atoms with E-state index in [-0.39, 0.29) is 11.7 Å². The van der Waals surface area contributed by atoms with Gasteiger partial charge in [-0.25, -0.2) is 0 Å². The predicted molar refractivity (Wildman–Crippen MR) is 61.3 cm³/mol. The lowest BCUT2D eigenvalue weighted by atomic mass is 9.96. The lowest BCUT2D eigenvalue weighted by Gasteiger charge is -2.11. The number of benzene rings is 1. The van der Waals surface area contributed by atoms with Crippen LogP contribution >= 0.6 is 11.6 Å². The molecule has 3 nitrogen and oxygen atoms in total. The molecule has 1 atom stereocenters. The van der Waals surface area contributed by atoms with Gasteiger partial charge in [-0.1, -0.05) is 11.6 Å². The average molecular weight is 241 g/mol. The van der Waals surface area contributed by atoms with Gasteiger partial charge in [-0.2, -0.15) is 0 Å². The first-order valence-electron chi connectivity index (χ1n) is 5.18. The van der Waals surface area contributed by atoms with Crippen molar-refractivity contribution < 1.29 is 14.3 Å². The molecule has 1 aliphatic heterocycles. The Kier molecular flexibility index (Phi) is 3.46. The molecular formula is C12H13ClO3. The van der Waals surface area contributed by atoms with Crippen molar-refractivity contribution in [3.63, 3.8) is 0 Å². The smallest absolute Gasteiger partial charge is 0.172 e. The van der Waals surface area contributed by atoms with Gasteiger partial charge in [0, 0.05) is 17.5 Å². The van der Waals surface area contributed by atoms with Crippen molar-refractivity contribution >= 4 is 17.4 Å². The molecule has 0 radical (unpaired) electrons. The largest absolute Gasteiger partial charge is 0.496 e. The van der Waals surface area contributed by atoms with Gasteiger partial charge in [-0.05, 0) is 24.6 Å². The number of rotatable bonds is 3. The third-order valence-electron chi connectivity index (χ3n) is 2.73. The third kappa shape index (κ3) is 2.20. The summed E-state index contributed by atoms with van der Waals surface area (Å²) in [5.74, 6) is 0.561. The van der Waals surface area contributed by atoms with Gasteiger partial charge in [0.1, 0.15) is 5.75 Å². The summed E-state index contributed by atoms with van der Waals surface area (Å²) in [6, 6.07) is 5.08. The molecule has 1 heterocycles. The van der Waals surface area contributed by atoms with Crippen LogP contribution in [0, 0.1) is 5.92 Å². The second-order valence-electron chi connectivity index (χ2n) is 3.77. The highest BCUT2D eigenvalue weighted by Crippen LogP contribution is 2.27. The number of Topliss-reactive ketones (excluding diaryl/α,β-unsaturated/α-hetero) is 1. The highest BCUT2D eigenvalue weighted by atomic mass is 35.5. The average Bonchev–Trinajstić information content (AvgIpc) is 2.81. The van der Waals surface area contributed by atoms with E-state index in [4.69, 9.17) is 21.1 Å². The van der Waals surface area contributed by atoms with Gasteiger partial charge in [-0.3, -0.25) is 4.79 Å². The molecule has 0 N–H and O–H groups in total. The van der Waals surface area contributed by atoms with E-state index in [2.05, 4.69) is 0 Å². The van der Waals surface area contributed by atoms with Crippen LogP contribution in [-0.4, -0.2) is 26.1 Å². The number of carbonyl (C=O) groups is 1. The summed E-state index contributed by atoms with van der Waals surface area (Å²) in [4.78, 5) is 12.2. The van der Waals surface area contributed by atoms with E-state index in [1.54, 1.807) is 25.3 Å². The minimum absolute atomic E-state index is 0.0526. The summed E-state index contributed by atoms with van der Waals surface area (Å²) in [6.45, 7) is 1.15. The number of methoxy groups -OCH3 is 1. The quantitative estimate of drug-likeness (QED) is 0.762. The number of ether oxygens (including phenoxy) is 2. The SMILES string of the molecule is COc1ccc(Cl)cc1C(=O)C1CCOC1. The van der Waals surface area contributed by atoms with Gasteiger partial charge in [0.2, 0.25) is 0 Å². The second-order valence-corrected chi connectivity index (χ2v) is 4.21. The van der Waals surface area contributed by atoms with Crippen molar-refractivity contribution in [1.29, 1.82) is 0 Å². The summed E-state index contributed by atoms with van der Waals surface area (Å²) in [5.41, 5.74) is 0.547. The zero-order chi connectivity index (χ0) is 11.5. The Bertz CT molecular complexity index is 397. The summed E-state index contributed by atoms with van der Waals surface area (Å²) >= 11 is 5.89. The molecule has 0 amide bonds. The molecule has 2 rings (SSSR count). The van der Waals surface area contributed by atoms with Crippen molar-refractivity contribution in [3.05, 3.63) is 28.8 Å². The molecule has 1 unspecified atom stereocenters. The summed E-state index contributed by atoms with van der Waals surface area (Å²) in [5, 5.41) is 0.545. The summed E-state index contributed by atoms with van der Waals surface area (Å²) in [6.07, 6.45) is 0.772. The normalized spacial score (nSPS) is 19.8. The molecule has 1 aromatic carbocycles. The summed E-state index contributed by atoms with van der Waals surface area (Å²) < 4.78 is 10.4. The first-order chi connectivity index (χ1) is 7.72. The third-order valence-corrected chi connectivity index (χ3v) is 2.96. The monoisotopic (exact) mass is 240 g/mol. The first-order valence-corrected chi connectivity index (χ1v) is 5.55. The highest BCUT2D eigenvalue weighted by Gasteiger charge is 2.26. The van der Waals surface area contributed by atoms with Crippen molar-refractivity contribution in [1.82, 2.24) is 0 Å². The number of hydrogen-bond acceptors (Lipinski definition) is 3. The lowest BCUT2D eigenvalue weighted by Crippen LogP contribution is -2.15. The molecule has 0 spiro atoms. The van der Waals surface area contributed by atoms with Crippen LogP contribution in [0.4, 0.5) is 0 Å². The molecule has 1 fully saturated rings. The molecule has 1 aliphatic rings. The van der Waals surface area contributed by atoms with E-state index < -0.39 is 0 Å². The molecule has 4 heteroatoms. The van der Waals surface area contributed by atoms with Crippen LogP contribution in [-0.2, 0) is 4.74 Å². The van der Waals surface area contributed by atoms with Gasteiger partial charge in [0.15, 0.2) is 5.78 Å². The van der Waals surface area contributed by atoms with E-state index in [9.17, 15) is 4.79 Å².